The van der Waals surface area contributed by atoms with E-state index in [-0.39, 0.29) is 0 Å². The summed E-state index contributed by atoms with van der Waals surface area (Å²) < 4.78 is 2.94. The van der Waals surface area contributed by atoms with Gasteiger partial charge in [0.25, 0.3) is 0 Å². The molecule has 0 aliphatic heterocycles. The second kappa shape index (κ2) is 4.75. The summed E-state index contributed by atoms with van der Waals surface area (Å²) in [6.45, 7) is 6.34. The Kier molecular flexibility index (Phi) is 3.50. The molecule has 0 saturated heterocycles. The van der Waals surface area contributed by atoms with Crippen LogP contribution < -0.4 is 5.73 Å². The van der Waals surface area contributed by atoms with Crippen molar-refractivity contribution in [3.63, 3.8) is 0 Å². The van der Waals surface area contributed by atoms with Crippen molar-refractivity contribution in [1.82, 2.24) is 19.7 Å². The van der Waals surface area contributed by atoms with Crippen LogP contribution in [0.1, 0.15) is 38.4 Å². The first-order valence-electron chi connectivity index (χ1n) is 5.60. The predicted octanol–water partition coefficient (Wildman–Crippen LogP) is 2.53. The van der Waals surface area contributed by atoms with Gasteiger partial charge in [-0.15, -0.1) is 0 Å². The summed E-state index contributed by atoms with van der Waals surface area (Å²) in [5, 5.41) is 5.55. The van der Waals surface area contributed by atoms with Crippen LogP contribution >= 0.6 is 22.6 Å². The highest BCUT2D eigenvalue weighted by Gasteiger charge is 2.19. The minimum atomic E-state index is 0.305. The predicted molar refractivity (Wildman–Crippen MR) is 77.4 cm³/mol. The lowest BCUT2D eigenvalue weighted by molar-refractivity contribution is 0.548. The molecule has 2 aromatic heterocycles. The number of nitrogens with zero attached hydrogens (tertiary/aromatic N) is 4. The maximum atomic E-state index is 5.94. The monoisotopic (exact) mass is 345 g/mol. The summed E-state index contributed by atoms with van der Waals surface area (Å²) in [4.78, 5) is 8.38. The number of nitrogen functional groups attached to an aromatic ring is 1. The Labute approximate surface area is 114 Å². The van der Waals surface area contributed by atoms with E-state index in [4.69, 9.17) is 5.73 Å². The highest BCUT2D eigenvalue weighted by molar-refractivity contribution is 14.1. The lowest BCUT2D eigenvalue weighted by Gasteiger charge is -2.08. The summed E-state index contributed by atoms with van der Waals surface area (Å²) in [7, 11) is 0. The van der Waals surface area contributed by atoms with Gasteiger partial charge in [0.1, 0.15) is 12.1 Å². The van der Waals surface area contributed by atoms with Crippen molar-refractivity contribution in [3.05, 3.63) is 12.0 Å². The van der Waals surface area contributed by atoms with Crippen molar-refractivity contribution in [2.75, 3.05) is 10.2 Å². The van der Waals surface area contributed by atoms with Gasteiger partial charge in [-0.2, -0.15) is 5.10 Å². The molecule has 17 heavy (non-hydrogen) atoms. The molecular formula is C11H16IN5. The first-order valence-corrected chi connectivity index (χ1v) is 7.13. The Morgan fingerprint density at radius 1 is 1.35 bits per heavy atom. The van der Waals surface area contributed by atoms with Crippen LogP contribution in [0.5, 0.6) is 0 Å². The Bertz CT molecular complexity index is 534. The highest BCUT2D eigenvalue weighted by atomic mass is 127. The summed E-state index contributed by atoms with van der Waals surface area (Å²) >= 11 is 2.35. The summed E-state index contributed by atoms with van der Waals surface area (Å²) in [5.74, 6) is 0.832. The van der Waals surface area contributed by atoms with E-state index in [0.717, 1.165) is 21.2 Å². The molecule has 0 aromatic carbocycles. The van der Waals surface area contributed by atoms with Gasteiger partial charge in [-0.25, -0.2) is 14.6 Å². The van der Waals surface area contributed by atoms with Crippen LogP contribution in [0.15, 0.2) is 6.33 Å². The SMILES string of the molecule is CC(C)c1nn(C(C)CI)c2ncnc(N)c12. The molecule has 0 fully saturated rings. The molecule has 0 spiro atoms. The fourth-order valence-electron chi connectivity index (χ4n) is 1.80. The lowest BCUT2D eigenvalue weighted by atomic mass is 10.1. The van der Waals surface area contributed by atoms with Crippen molar-refractivity contribution >= 4 is 39.4 Å². The fraction of sp³-hybridized carbons (Fsp3) is 0.545. The van der Waals surface area contributed by atoms with Gasteiger partial charge in [0.05, 0.1) is 17.1 Å². The number of halogens is 1. The van der Waals surface area contributed by atoms with E-state index >= 15 is 0 Å². The molecule has 0 radical (unpaired) electrons. The van der Waals surface area contributed by atoms with Crippen LogP contribution in [0.4, 0.5) is 5.82 Å². The van der Waals surface area contributed by atoms with E-state index in [9.17, 15) is 0 Å². The van der Waals surface area contributed by atoms with Gasteiger partial charge in [-0.1, -0.05) is 36.4 Å². The number of hydrogen-bond donors (Lipinski definition) is 1. The third kappa shape index (κ3) is 2.10. The van der Waals surface area contributed by atoms with Crippen molar-refractivity contribution in [2.24, 2.45) is 0 Å². The van der Waals surface area contributed by atoms with Gasteiger partial charge in [0, 0.05) is 4.43 Å². The largest absolute Gasteiger partial charge is 0.383 e. The molecule has 5 nitrogen and oxygen atoms in total. The number of fused-ring (bicyclic) bond motifs is 1. The maximum Gasteiger partial charge on any atom is 0.163 e. The summed E-state index contributed by atoms with van der Waals surface area (Å²) in [6, 6.07) is 0.305. The number of anilines is 1. The molecule has 2 heterocycles. The van der Waals surface area contributed by atoms with Crippen molar-refractivity contribution < 1.29 is 0 Å². The molecule has 0 amide bonds. The number of hydrogen-bond acceptors (Lipinski definition) is 4. The number of rotatable bonds is 3. The first-order chi connectivity index (χ1) is 8.06. The molecule has 92 valence electrons. The second-order valence-electron chi connectivity index (χ2n) is 4.45. The Morgan fingerprint density at radius 3 is 2.65 bits per heavy atom. The molecule has 1 unspecified atom stereocenters. The molecule has 1 atom stereocenters. The molecular weight excluding hydrogens is 329 g/mol. The van der Waals surface area contributed by atoms with E-state index in [1.807, 2.05) is 4.68 Å². The first kappa shape index (κ1) is 12.5. The molecule has 0 aliphatic carbocycles. The van der Waals surface area contributed by atoms with Gasteiger partial charge in [0.15, 0.2) is 5.65 Å². The minimum absolute atomic E-state index is 0.305. The van der Waals surface area contributed by atoms with Crippen molar-refractivity contribution in [2.45, 2.75) is 32.7 Å². The number of alkyl halides is 1. The molecule has 2 rings (SSSR count). The van der Waals surface area contributed by atoms with Crippen molar-refractivity contribution in [1.29, 1.82) is 0 Å². The van der Waals surface area contributed by atoms with E-state index in [0.29, 0.717) is 17.8 Å². The fourth-order valence-corrected chi connectivity index (χ4v) is 2.17. The quantitative estimate of drug-likeness (QED) is 0.686. The third-order valence-electron chi connectivity index (χ3n) is 2.73. The van der Waals surface area contributed by atoms with Gasteiger partial charge in [-0.3, -0.25) is 0 Å². The second-order valence-corrected chi connectivity index (χ2v) is 5.33. The smallest absolute Gasteiger partial charge is 0.163 e. The van der Waals surface area contributed by atoms with Crippen LogP contribution in [0.25, 0.3) is 11.0 Å². The zero-order valence-electron chi connectivity index (χ0n) is 10.2. The molecule has 0 bridgehead atoms. The van der Waals surface area contributed by atoms with E-state index in [1.165, 1.54) is 6.33 Å². The summed E-state index contributed by atoms with van der Waals surface area (Å²) in [5.41, 5.74) is 7.76. The molecule has 0 aliphatic rings. The Morgan fingerprint density at radius 2 is 2.06 bits per heavy atom. The highest BCUT2D eigenvalue weighted by Crippen LogP contribution is 2.28. The van der Waals surface area contributed by atoms with Gasteiger partial charge in [0.2, 0.25) is 0 Å². The van der Waals surface area contributed by atoms with Crippen LogP contribution in [-0.4, -0.2) is 24.2 Å². The Hall–Kier alpha value is -0.920. The normalized spacial score (nSPS) is 13.5. The average Bonchev–Trinajstić information content (AvgIpc) is 2.69. The minimum Gasteiger partial charge on any atom is -0.383 e. The topological polar surface area (TPSA) is 69.6 Å². The van der Waals surface area contributed by atoms with Gasteiger partial charge in [-0.05, 0) is 12.8 Å². The molecule has 2 aromatic rings. The van der Waals surface area contributed by atoms with E-state index in [2.05, 4.69) is 58.4 Å². The zero-order chi connectivity index (χ0) is 12.6. The zero-order valence-corrected chi connectivity index (χ0v) is 12.3. The third-order valence-corrected chi connectivity index (χ3v) is 4.01. The van der Waals surface area contributed by atoms with Crippen LogP contribution in [0.2, 0.25) is 0 Å². The van der Waals surface area contributed by atoms with Crippen LogP contribution in [0.3, 0.4) is 0 Å². The van der Waals surface area contributed by atoms with Crippen LogP contribution in [-0.2, 0) is 0 Å². The standard InChI is InChI=1S/C11H16IN5/c1-6(2)9-8-10(13)14-5-15-11(8)17(16-9)7(3)4-12/h5-7H,4H2,1-3H3,(H2,13,14,15). The molecule has 6 heteroatoms. The summed E-state index contributed by atoms with van der Waals surface area (Å²) in [6.07, 6.45) is 1.50. The van der Waals surface area contributed by atoms with Gasteiger partial charge >= 0.3 is 0 Å². The van der Waals surface area contributed by atoms with Crippen molar-refractivity contribution in [3.8, 4) is 0 Å². The number of nitrogens with two attached hydrogens (primary N) is 1. The molecule has 0 saturated carbocycles. The maximum absolute atomic E-state index is 5.94. The Balaban J connectivity index is 2.75. The van der Waals surface area contributed by atoms with E-state index in [1.54, 1.807) is 0 Å². The molecule has 2 N–H and O–H groups in total. The van der Waals surface area contributed by atoms with Crippen LogP contribution in [0, 0.1) is 0 Å². The average molecular weight is 345 g/mol. The lowest BCUT2D eigenvalue weighted by Crippen LogP contribution is -2.09. The van der Waals surface area contributed by atoms with Gasteiger partial charge < -0.3 is 5.73 Å². The van der Waals surface area contributed by atoms with E-state index < -0.39 is 0 Å². The number of aromatic nitrogens is 4.